The van der Waals surface area contributed by atoms with Gasteiger partial charge in [0, 0.05) is 28.6 Å². The molecule has 4 rings (SSSR count). The molecular weight excluding hydrogens is 369 g/mol. The van der Waals surface area contributed by atoms with E-state index in [4.69, 9.17) is 0 Å². The van der Waals surface area contributed by atoms with E-state index in [0.29, 0.717) is 12.0 Å². The van der Waals surface area contributed by atoms with E-state index in [1.54, 1.807) is 13.0 Å². The molecule has 0 amide bonds. The number of hydrogen-bond donors (Lipinski definition) is 2. The number of aryl methyl sites for hydroxylation is 3. The van der Waals surface area contributed by atoms with E-state index in [1.165, 1.54) is 6.07 Å². The Morgan fingerprint density at radius 1 is 1.21 bits per heavy atom. The number of aliphatic carboxylic acids is 1. The van der Waals surface area contributed by atoms with Gasteiger partial charge in [-0.2, -0.15) is 5.10 Å². The van der Waals surface area contributed by atoms with Gasteiger partial charge >= 0.3 is 5.97 Å². The fourth-order valence-electron chi connectivity index (χ4n) is 4.16. The topological polar surface area (TPSA) is 70.9 Å². The molecule has 2 aromatic carbocycles. The highest BCUT2D eigenvalue weighted by Crippen LogP contribution is 2.37. The van der Waals surface area contributed by atoms with Crippen molar-refractivity contribution in [3.63, 3.8) is 0 Å². The third-order valence-corrected chi connectivity index (χ3v) is 5.52. The number of carboxylic acids is 1. The molecule has 4 aromatic rings. The minimum absolute atomic E-state index is 0.0569. The van der Waals surface area contributed by atoms with Gasteiger partial charge < -0.3 is 9.67 Å². The van der Waals surface area contributed by atoms with Crippen LogP contribution in [0.3, 0.4) is 0 Å². The maximum absolute atomic E-state index is 13.9. The van der Waals surface area contributed by atoms with Gasteiger partial charge in [0.25, 0.3) is 0 Å². The maximum atomic E-state index is 13.9. The second-order valence-corrected chi connectivity index (χ2v) is 7.91. The third-order valence-electron chi connectivity index (χ3n) is 5.52. The lowest BCUT2D eigenvalue weighted by atomic mass is 9.99. The summed E-state index contributed by atoms with van der Waals surface area (Å²) in [5.41, 5.74) is 6.35. The first-order valence-corrected chi connectivity index (χ1v) is 9.78. The van der Waals surface area contributed by atoms with Crippen LogP contribution in [0.5, 0.6) is 0 Å². The number of carboxylic acid groups (broad SMARTS) is 1. The molecule has 0 fully saturated rings. The van der Waals surface area contributed by atoms with Gasteiger partial charge in [0.1, 0.15) is 5.82 Å². The molecule has 2 N–H and O–H groups in total. The molecular formula is C23H24FN3O2. The van der Waals surface area contributed by atoms with E-state index >= 15 is 0 Å². The Morgan fingerprint density at radius 2 is 1.97 bits per heavy atom. The number of nitrogens with one attached hydrogen (secondary N) is 1. The molecule has 2 heterocycles. The fraction of sp³-hybridized carbons (Fsp3) is 0.304. The van der Waals surface area contributed by atoms with E-state index in [-0.39, 0.29) is 18.2 Å². The van der Waals surface area contributed by atoms with Crippen molar-refractivity contribution in [3.05, 3.63) is 58.7 Å². The molecule has 0 radical (unpaired) electrons. The Balaban J connectivity index is 2.11. The molecule has 29 heavy (non-hydrogen) atoms. The molecule has 150 valence electrons. The van der Waals surface area contributed by atoms with Gasteiger partial charge in [-0.3, -0.25) is 9.89 Å². The largest absolute Gasteiger partial charge is 0.481 e. The van der Waals surface area contributed by atoms with Crippen LogP contribution in [0.2, 0.25) is 0 Å². The molecule has 0 atom stereocenters. The van der Waals surface area contributed by atoms with Crippen molar-refractivity contribution in [1.29, 1.82) is 0 Å². The zero-order valence-electron chi connectivity index (χ0n) is 17.0. The number of rotatable bonds is 5. The van der Waals surface area contributed by atoms with Gasteiger partial charge in [0.15, 0.2) is 0 Å². The Bertz CT molecular complexity index is 1250. The van der Waals surface area contributed by atoms with E-state index in [0.717, 1.165) is 44.4 Å². The van der Waals surface area contributed by atoms with Crippen molar-refractivity contribution in [1.82, 2.24) is 14.8 Å². The fourth-order valence-corrected chi connectivity index (χ4v) is 4.16. The van der Waals surface area contributed by atoms with E-state index in [9.17, 15) is 14.3 Å². The predicted molar refractivity (Wildman–Crippen MR) is 112 cm³/mol. The molecule has 0 saturated heterocycles. The first-order valence-electron chi connectivity index (χ1n) is 9.78. The minimum atomic E-state index is -0.823. The second kappa shape index (κ2) is 7.03. The van der Waals surface area contributed by atoms with Gasteiger partial charge in [0.2, 0.25) is 0 Å². The molecule has 0 aliphatic carbocycles. The van der Waals surface area contributed by atoms with Crippen molar-refractivity contribution in [2.75, 3.05) is 0 Å². The molecule has 0 spiro atoms. The van der Waals surface area contributed by atoms with Crippen molar-refractivity contribution < 1.29 is 14.3 Å². The molecule has 0 saturated carbocycles. The van der Waals surface area contributed by atoms with Gasteiger partial charge in [-0.25, -0.2) is 4.39 Å². The number of carbonyl (C=O) groups is 1. The van der Waals surface area contributed by atoms with Crippen LogP contribution in [0.4, 0.5) is 4.39 Å². The maximum Gasteiger partial charge on any atom is 0.303 e. The smallest absolute Gasteiger partial charge is 0.303 e. The average molecular weight is 393 g/mol. The second-order valence-electron chi connectivity index (χ2n) is 7.91. The number of fused-ring (bicyclic) bond motifs is 2. The first kappa shape index (κ1) is 19.2. The number of aromatic amines is 1. The molecule has 2 aromatic heterocycles. The predicted octanol–water partition coefficient (Wildman–Crippen LogP) is 5.40. The quantitative estimate of drug-likeness (QED) is 0.477. The zero-order chi connectivity index (χ0) is 20.9. The summed E-state index contributed by atoms with van der Waals surface area (Å²) in [7, 11) is 0. The highest BCUT2D eigenvalue weighted by Gasteiger charge is 2.22. The number of nitrogens with zero attached hydrogens (tertiary/aromatic N) is 2. The highest BCUT2D eigenvalue weighted by atomic mass is 19.1. The van der Waals surface area contributed by atoms with Crippen molar-refractivity contribution in [3.8, 4) is 5.69 Å². The van der Waals surface area contributed by atoms with Crippen LogP contribution in [0.1, 0.15) is 48.7 Å². The lowest BCUT2D eigenvalue weighted by molar-refractivity contribution is -0.136. The van der Waals surface area contributed by atoms with Crippen LogP contribution >= 0.6 is 0 Å². The summed E-state index contributed by atoms with van der Waals surface area (Å²) in [5, 5.41) is 18.7. The SMILES string of the molecule is Cc1cc(-n2c(C(C)C)c(CCC(=O)O)c3cc4[nH]nc(C)c4cc32)ccc1F. The third kappa shape index (κ3) is 3.18. The zero-order valence-corrected chi connectivity index (χ0v) is 17.0. The van der Waals surface area contributed by atoms with Crippen molar-refractivity contribution in [2.45, 2.75) is 46.5 Å². The summed E-state index contributed by atoms with van der Waals surface area (Å²) >= 11 is 0. The molecule has 0 unspecified atom stereocenters. The van der Waals surface area contributed by atoms with Gasteiger partial charge in [-0.05, 0) is 67.6 Å². The summed E-state index contributed by atoms with van der Waals surface area (Å²) in [4.78, 5) is 11.3. The van der Waals surface area contributed by atoms with E-state index < -0.39 is 5.97 Å². The Morgan fingerprint density at radius 3 is 2.62 bits per heavy atom. The van der Waals surface area contributed by atoms with E-state index in [2.05, 4.69) is 40.7 Å². The summed E-state index contributed by atoms with van der Waals surface area (Å²) in [5.74, 6) is -0.902. The summed E-state index contributed by atoms with van der Waals surface area (Å²) in [6.07, 6.45) is 0.493. The number of H-pyrrole nitrogens is 1. The lowest BCUT2D eigenvalue weighted by Gasteiger charge is -2.16. The normalized spacial score (nSPS) is 11.8. The number of hydrogen-bond acceptors (Lipinski definition) is 2. The van der Waals surface area contributed by atoms with Crippen LogP contribution in [0.25, 0.3) is 27.5 Å². The summed E-state index contributed by atoms with van der Waals surface area (Å²) in [6.45, 7) is 7.91. The lowest BCUT2D eigenvalue weighted by Crippen LogP contribution is -2.06. The van der Waals surface area contributed by atoms with Gasteiger partial charge in [-0.1, -0.05) is 13.8 Å². The van der Waals surface area contributed by atoms with Gasteiger partial charge in [0.05, 0.1) is 16.7 Å². The Hall–Kier alpha value is -3.15. The number of benzene rings is 2. The monoisotopic (exact) mass is 393 g/mol. The molecule has 0 aliphatic heterocycles. The first-order chi connectivity index (χ1) is 13.8. The summed E-state index contributed by atoms with van der Waals surface area (Å²) in [6, 6.07) is 9.26. The van der Waals surface area contributed by atoms with Gasteiger partial charge in [-0.15, -0.1) is 0 Å². The summed E-state index contributed by atoms with van der Waals surface area (Å²) < 4.78 is 16.1. The standard InChI is InChI=1S/C23H24FN3O2/c1-12(2)23-16(6-8-22(28)29)18-10-20-17(14(4)25-26-20)11-21(18)27(23)15-5-7-19(24)13(3)9-15/h5,7,9-12H,6,8H2,1-4H3,(H,25,26)(H,28,29). The molecule has 0 aliphatic rings. The van der Waals surface area contributed by atoms with Crippen LogP contribution in [-0.2, 0) is 11.2 Å². The minimum Gasteiger partial charge on any atom is -0.481 e. The number of halogens is 1. The van der Waals surface area contributed by atoms with Crippen molar-refractivity contribution in [2.24, 2.45) is 0 Å². The van der Waals surface area contributed by atoms with Crippen molar-refractivity contribution >= 4 is 27.8 Å². The number of aromatic nitrogens is 3. The Labute approximate surface area is 168 Å². The Kier molecular flexibility index (Phi) is 4.65. The highest BCUT2D eigenvalue weighted by molar-refractivity contribution is 5.99. The molecule has 0 bridgehead atoms. The van der Waals surface area contributed by atoms with Crippen LogP contribution < -0.4 is 0 Å². The average Bonchev–Trinajstić information content (AvgIpc) is 3.18. The van der Waals surface area contributed by atoms with Crippen LogP contribution in [-0.4, -0.2) is 25.8 Å². The molecule has 6 heteroatoms. The van der Waals surface area contributed by atoms with Crippen LogP contribution in [0, 0.1) is 19.7 Å². The molecule has 5 nitrogen and oxygen atoms in total. The van der Waals surface area contributed by atoms with E-state index in [1.807, 2.05) is 13.0 Å². The van der Waals surface area contributed by atoms with Crippen LogP contribution in [0.15, 0.2) is 30.3 Å².